The maximum Gasteiger partial charge on any atom is 0.237 e. The Hall–Kier alpha value is -1.81. The van der Waals surface area contributed by atoms with Crippen molar-refractivity contribution >= 4 is 17.5 Å². The standard InChI is InChI=1S/C15H18ClN3O/c1-11-14(10-18(3)15(20)9-16)12(2)19(17-11)13-7-5-4-6-8-13/h4-8H,9-10H2,1-3H3. The van der Waals surface area contributed by atoms with Crippen LogP contribution < -0.4 is 0 Å². The average molecular weight is 292 g/mol. The smallest absolute Gasteiger partial charge is 0.237 e. The molecule has 0 bridgehead atoms. The summed E-state index contributed by atoms with van der Waals surface area (Å²) in [5.74, 6) is -0.0838. The van der Waals surface area contributed by atoms with Gasteiger partial charge >= 0.3 is 0 Å². The molecule has 0 spiro atoms. The van der Waals surface area contributed by atoms with Crippen LogP contribution in [0.5, 0.6) is 0 Å². The van der Waals surface area contributed by atoms with Crippen LogP contribution in [0.25, 0.3) is 5.69 Å². The molecule has 20 heavy (non-hydrogen) atoms. The molecule has 0 radical (unpaired) electrons. The molecule has 0 atom stereocenters. The highest BCUT2D eigenvalue weighted by Gasteiger charge is 2.16. The predicted octanol–water partition coefficient (Wildman–Crippen LogP) is 2.69. The first-order chi connectivity index (χ1) is 9.54. The molecule has 5 heteroatoms. The van der Waals surface area contributed by atoms with E-state index in [0.29, 0.717) is 6.54 Å². The van der Waals surface area contributed by atoms with Crippen molar-refractivity contribution in [1.82, 2.24) is 14.7 Å². The lowest BCUT2D eigenvalue weighted by molar-refractivity contribution is -0.127. The normalized spacial score (nSPS) is 10.6. The first kappa shape index (κ1) is 14.6. The van der Waals surface area contributed by atoms with E-state index < -0.39 is 0 Å². The molecule has 1 amide bonds. The maximum atomic E-state index is 11.6. The molecule has 0 saturated heterocycles. The van der Waals surface area contributed by atoms with Gasteiger partial charge in [-0.2, -0.15) is 5.10 Å². The Morgan fingerprint density at radius 1 is 1.30 bits per heavy atom. The number of hydrogen-bond acceptors (Lipinski definition) is 2. The van der Waals surface area contributed by atoms with Gasteiger partial charge in [0.2, 0.25) is 5.91 Å². The Labute approximate surface area is 124 Å². The van der Waals surface area contributed by atoms with Gasteiger partial charge in [0, 0.05) is 24.8 Å². The number of amides is 1. The van der Waals surface area contributed by atoms with Gasteiger partial charge in [-0.05, 0) is 26.0 Å². The number of alkyl halides is 1. The van der Waals surface area contributed by atoms with Crippen molar-refractivity contribution < 1.29 is 4.79 Å². The van der Waals surface area contributed by atoms with E-state index in [0.717, 1.165) is 22.6 Å². The summed E-state index contributed by atoms with van der Waals surface area (Å²) in [7, 11) is 1.75. The zero-order valence-electron chi connectivity index (χ0n) is 11.9. The van der Waals surface area contributed by atoms with Crippen LogP contribution in [0.15, 0.2) is 30.3 Å². The van der Waals surface area contributed by atoms with Crippen LogP contribution in [-0.4, -0.2) is 33.5 Å². The SMILES string of the molecule is Cc1nn(-c2ccccc2)c(C)c1CN(C)C(=O)CCl. The highest BCUT2D eigenvalue weighted by molar-refractivity contribution is 6.27. The zero-order chi connectivity index (χ0) is 14.7. The number of carbonyl (C=O) groups excluding carboxylic acids is 1. The van der Waals surface area contributed by atoms with Crippen LogP contribution in [0, 0.1) is 13.8 Å². The Morgan fingerprint density at radius 3 is 2.55 bits per heavy atom. The fourth-order valence-corrected chi connectivity index (χ4v) is 2.36. The fourth-order valence-electron chi connectivity index (χ4n) is 2.15. The molecule has 4 nitrogen and oxygen atoms in total. The number of aryl methyl sites for hydroxylation is 1. The van der Waals surface area contributed by atoms with Crippen molar-refractivity contribution in [1.29, 1.82) is 0 Å². The van der Waals surface area contributed by atoms with Crippen molar-refractivity contribution in [3.8, 4) is 5.69 Å². The molecule has 2 aromatic rings. The molecule has 0 aliphatic heterocycles. The summed E-state index contributed by atoms with van der Waals surface area (Å²) in [6.45, 7) is 4.50. The van der Waals surface area contributed by atoms with Gasteiger partial charge < -0.3 is 4.90 Å². The number of para-hydroxylation sites is 1. The van der Waals surface area contributed by atoms with Crippen molar-refractivity contribution in [2.75, 3.05) is 12.9 Å². The van der Waals surface area contributed by atoms with E-state index in [1.807, 2.05) is 48.9 Å². The largest absolute Gasteiger partial charge is 0.340 e. The van der Waals surface area contributed by atoms with Crippen LogP contribution in [0.3, 0.4) is 0 Å². The van der Waals surface area contributed by atoms with Crippen LogP contribution in [0.1, 0.15) is 17.0 Å². The van der Waals surface area contributed by atoms with Crippen molar-refractivity contribution in [2.24, 2.45) is 0 Å². The summed E-state index contributed by atoms with van der Waals surface area (Å²) in [4.78, 5) is 13.2. The third kappa shape index (κ3) is 2.85. The monoisotopic (exact) mass is 291 g/mol. The predicted molar refractivity (Wildman–Crippen MR) is 80.2 cm³/mol. The first-order valence-electron chi connectivity index (χ1n) is 6.45. The van der Waals surface area contributed by atoms with Crippen molar-refractivity contribution in [3.63, 3.8) is 0 Å². The summed E-state index contributed by atoms with van der Waals surface area (Å²) >= 11 is 5.58. The third-order valence-corrected chi connectivity index (χ3v) is 3.61. The molecule has 0 N–H and O–H groups in total. The van der Waals surface area contributed by atoms with Crippen molar-refractivity contribution in [2.45, 2.75) is 20.4 Å². The summed E-state index contributed by atoms with van der Waals surface area (Å²) in [6, 6.07) is 9.96. The molecule has 106 valence electrons. The average Bonchev–Trinajstić information content (AvgIpc) is 2.75. The highest BCUT2D eigenvalue weighted by atomic mass is 35.5. The molecular weight excluding hydrogens is 274 g/mol. The van der Waals surface area contributed by atoms with Gasteiger partial charge in [-0.15, -0.1) is 11.6 Å². The van der Waals surface area contributed by atoms with Crippen LogP contribution >= 0.6 is 11.6 Å². The van der Waals surface area contributed by atoms with E-state index in [2.05, 4.69) is 5.10 Å². The van der Waals surface area contributed by atoms with Crippen LogP contribution in [0.4, 0.5) is 0 Å². The molecular formula is C15H18ClN3O. The Bertz CT molecular complexity index is 607. The quantitative estimate of drug-likeness (QED) is 0.812. The van der Waals surface area contributed by atoms with E-state index in [1.54, 1.807) is 11.9 Å². The molecule has 0 aliphatic rings. The molecule has 0 unspecified atom stereocenters. The number of carbonyl (C=O) groups is 1. The second-order valence-corrected chi connectivity index (χ2v) is 5.05. The lowest BCUT2D eigenvalue weighted by atomic mass is 10.2. The number of aromatic nitrogens is 2. The molecule has 1 aromatic carbocycles. The molecule has 0 aliphatic carbocycles. The topological polar surface area (TPSA) is 38.1 Å². The van der Waals surface area contributed by atoms with Gasteiger partial charge in [0.25, 0.3) is 0 Å². The van der Waals surface area contributed by atoms with E-state index in [4.69, 9.17) is 11.6 Å². The second-order valence-electron chi connectivity index (χ2n) is 4.78. The number of halogens is 1. The summed E-state index contributed by atoms with van der Waals surface area (Å²) in [6.07, 6.45) is 0. The lowest BCUT2D eigenvalue weighted by Crippen LogP contribution is -2.27. The first-order valence-corrected chi connectivity index (χ1v) is 6.98. The zero-order valence-corrected chi connectivity index (χ0v) is 12.7. The van der Waals surface area contributed by atoms with Crippen LogP contribution in [-0.2, 0) is 11.3 Å². The number of hydrogen-bond donors (Lipinski definition) is 0. The number of benzene rings is 1. The van der Waals surface area contributed by atoms with Gasteiger partial charge in [0.15, 0.2) is 0 Å². The van der Waals surface area contributed by atoms with Gasteiger partial charge in [-0.25, -0.2) is 4.68 Å². The van der Waals surface area contributed by atoms with E-state index in [-0.39, 0.29) is 11.8 Å². The number of nitrogens with zero attached hydrogens (tertiary/aromatic N) is 3. The minimum absolute atomic E-state index is 0.00141. The molecule has 1 heterocycles. The van der Waals surface area contributed by atoms with Gasteiger partial charge in [0.1, 0.15) is 5.88 Å². The van der Waals surface area contributed by atoms with Gasteiger partial charge in [0.05, 0.1) is 11.4 Å². The fraction of sp³-hybridized carbons (Fsp3) is 0.333. The molecule has 1 aromatic heterocycles. The minimum atomic E-state index is -0.0853. The second kappa shape index (κ2) is 6.09. The van der Waals surface area contributed by atoms with E-state index in [1.165, 1.54) is 0 Å². The van der Waals surface area contributed by atoms with Crippen molar-refractivity contribution in [3.05, 3.63) is 47.3 Å². The summed E-state index contributed by atoms with van der Waals surface area (Å²) in [5.41, 5.74) is 4.06. The van der Waals surface area contributed by atoms with Crippen LogP contribution in [0.2, 0.25) is 0 Å². The van der Waals surface area contributed by atoms with Gasteiger partial charge in [-0.1, -0.05) is 18.2 Å². The Balaban J connectivity index is 2.33. The maximum absolute atomic E-state index is 11.6. The van der Waals surface area contributed by atoms with E-state index in [9.17, 15) is 4.79 Å². The Kier molecular flexibility index (Phi) is 4.45. The van der Waals surface area contributed by atoms with Gasteiger partial charge in [-0.3, -0.25) is 4.79 Å². The third-order valence-electron chi connectivity index (χ3n) is 3.38. The highest BCUT2D eigenvalue weighted by Crippen LogP contribution is 2.19. The minimum Gasteiger partial charge on any atom is -0.340 e. The summed E-state index contributed by atoms with van der Waals surface area (Å²) < 4.78 is 1.91. The molecule has 2 rings (SSSR count). The molecule has 0 saturated carbocycles. The summed E-state index contributed by atoms with van der Waals surface area (Å²) in [5, 5.41) is 4.56. The Morgan fingerprint density at radius 2 is 1.95 bits per heavy atom. The molecule has 0 fully saturated rings. The lowest BCUT2D eigenvalue weighted by Gasteiger charge is -2.16. The number of rotatable bonds is 4. The van der Waals surface area contributed by atoms with E-state index >= 15 is 0 Å².